The average molecular weight is 240 g/mol. The van der Waals surface area contributed by atoms with Crippen molar-refractivity contribution >= 4 is 0 Å². The summed E-state index contributed by atoms with van der Waals surface area (Å²) < 4.78 is 3.44. The molecule has 0 saturated heterocycles. The van der Waals surface area contributed by atoms with Crippen LogP contribution in [0.15, 0.2) is 36.9 Å². The Kier molecular flexibility index (Phi) is 2.40. The number of nitrogens with zero attached hydrogens (tertiary/aromatic N) is 6. The van der Waals surface area contributed by atoms with Crippen LogP contribution in [0.1, 0.15) is 11.4 Å². The van der Waals surface area contributed by atoms with E-state index in [1.165, 1.54) is 0 Å². The zero-order valence-electron chi connectivity index (χ0n) is 10.1. The molecule has 6 nitrogen and oxygen atoms in total. The summed E-state index contributed by atoms with van der Waals surface area (Å²) in [5.74, 6) is 1.36. The molecular formula is C12H12N6. The highest BCUT2D eigenvalue weighted by atomic mass is 15.4. The molecule has 3 rings (SSSR count). The van der Waals surface area contributed by atoms with E-state index in [0.29, 0.717) is 11.6 Å². The van der Waals surface area contributed by atoms with Crippen LogP contribution in [0.5, 0.6) is 0 Å². The van der Waals surface area contributed by atoms with Crippen molar-refractivity contribution in [3.05, 3.63) is 48.3 Å². The molecule has 0 saturated carbocycles. The van der Waals surface area contributed by atoms with Crippen LogP contribution in [0.4, 0.5) is 0 Å². The molecule has 0 aliphatic heterocycles. The van der Waals surface area contributed by atoms with Crippen molar-refractivity contribution in [2.24, 2.45) is 0 Å². The summed E-state index contributed by atoms with van der Waals surface area (Å²) in [4.78, 5) is 8.68. The fourth-order valence-corrected chi connectivity index (χ4v) is 1.71. The van der Waals surface area contributed by atoms with Crippen LogP contribution in [0, 0.1) is 13.8 Å². The van der Waals surface area contributed by atoms with Gasteiger partial charge in [-0.1, -0.05) is 0 Å². The second-order valence-electron chi connectivity index (χ2n) is 4.02. The zero-order valence-corrected chi connectivity index (χ0v) is 10.1. The molecular weight excluding hydrogens is 228 g/mol. The fourth-order valence-electron chi connectivity index (χ4n) is 1.71. The van der Waals surface area contributed by atoms with Gasteiger partial charge in [0.25, 0.3) is 0 Å². The van der Waals surface area contributed by atoms with Gasteiger partial charge in [-0.2, -0.15) is 10.2 Å². The number of hydrogen-bond donors (Lipinski definition) is 0. The van der Waals surface area contributed by atoms with Crippen LogP contribution < -0.4 is 0 Å². The second kappa shape index (κ2) is 4.06. The van der Waals surface area contributed by atoms with Crippen LogP contribution in [-0.4, -0.2) is 29.5 Å². The summed E-state index contributed by atoms with van der Waals surface area (Å²) in [5.41, 5.74) is 1.95. The third kappa shape index (κ3) is 1.77. The number of aryl methyl sites for hydroxylation is 2. The van der Waals surface area contributed by atoms with Crippen molar-refractivity contribution in [1.82, 2.24) is 29.5 Å². The van der Waals surface area contributed by atoms with Crippen molar-refractivity contribution in [3.8, 4) is 11.6 Å². The van der Waals surface area contributed by atoms with Gasteiger partial charge in [-0.25, -0.2) is 14.3 Å². The molecule has 0 unspecified atom stereocenters. The van der Waals surface area contributed by atoms with E-state index in [2.05, 4.69) is 20.2 Å². The maximum Gasteiger partial charge on any atom is 0.174 e. The maximum atomic E-state index is 4.50. The van der Waals surface area contributed by atoms with Crippen LogP contribution >= 0.6 is 0 Å². The van der Waals surface area contributed by atoms with E-state index in [-0.39, 0.29) is 0 Å². The molecule has 0 N–H and O–H groups in total. The van der Waals surface area contributed by atoms with Gasteiger partial charge in [0.1, 0.15) is 0 Å². The summed E-state index contributed by atoms with van der Waals surface area (Å²) in [7, 11) is 0. The van der Waals surface area contributed by atoms with E-state index in [4.69, 9.17) is 0 Å². The first-order valence-corrected chi connectivity index (χ1v) is 5.60. The van der Waals surface area contributed by atoms with Crippen molar-refractivity contribution in [2.45, 2.75) is 13.8 Å². The van der Waals surface area contributed by atoms with Crippen molar-refractivity contribution in [1.29, 1.82) is 0 Å². The zero-order chi connectivity index (χ0) is 12.5. The quantitative estimate of drug-likeness (QED) is 0.680. The average Bonchev–Trinajstić information content (AvgIpc) is 2.98. The predicted molar refractivity (Wildman–Crippen MR) is 65.8 cm³/mol. The molecule has 3 aromatic rings. The fraction of sp³-hybridized carbons (Fsp3) is 0.167. The lowest BCUT2D eigenvalue weighted by molar-refractivity contribution is 0.773. The van der Waals surface area contributed by atoms with Gasteiger partial charge < -0.3 is 0 Å². The Bertz CT molecular complexity index is 681. The molecule has 6 heteroatoms. The van der Waals surface area contributed by atoms with Gasteiger partial charge in [-0.15, -0.1) is 0 Å². The highest BCUT2D eigenvalue weighted by Gasteiger charge is 2.06. The van der Waals surface area contributed by atoms with E-state index < -0.39 is 0 Å². The number of rotatable bonds is 2. The van der Waals surface area contributed by atoms with Crippen molar-refractivity contribution < 1.29 is 0 Å². The molecule has 0 atom stereocenters. The molecule has 0 radical (unpaired) electrons. The topological polar surface area (TPSA) is 61.4 Å². The van der Waals surface area contributed by atoms with Gasteiger partial charge >= 0.3 is 0 Å². The molecule has 90 valence electrons. The van der Waals surface area contributed by atoms with Gasteiger partial charge in [0.15, 0.2) is 11.6 Å². The molecule has 0 aliphatic rings. The minimum atomic E-state index is 0.676. The monoisotopic (exact) mass is 240 g/mol. The predicted octanol–water partition coefficient (Wildman–Crippen LogP) is 1.46. The minimum absolute atomic E-state index is 0.676. The SMILES string of the molecule is Cc1ccn(-c2cncc(-n3nccc3C)n2)n1. The van der Waals surface area contributed by atoms with E-state index in [1.807, 2.05) is 32.2 Å². The molecule has 18 heavy (non-hydrogen) atoms. The Morgan fingerprint density at radius 1 is 1.06 bits per heavy atom. The lowest BCUT2D eigenvalue weighted by Gasteiger charge is -2.05. The lowest BCUT2D eigenvalue weighted by Crippen LogP contribution is -2.06. The Balaban J connectivity index is 2.07. The van der Waals surface area contributed by atoms with Gasteiger partial charge in [0, 0.05) is 18.1 Å². The Morgan fingerprint density at radius 2 is 1.89 bits per heavy atom. The lowest BCUT2D eigenvalue weighted by atomic mass is 10.5. The molecule has 0 aliphatic carbocycles. The molecule has 0 bridgehead atoms. The first-order chi connectivity index (χ1) is 8.74. The second-order valence-corrected chi connectivity index (χ2v) is 4.02. The van der Waals surface area contributed by atoms with E-state index in [1.54, 1.807) is 28.0 Å². The highest BCUT2D eigenvalue weighted by molar-refractivity contribution is 5.27. The summed E-state index contributed by atoms with van der Waals surface area (Å²) in [6, 6.07) is 3.85. The molecule has 3 aromatic heterocycles. The summed E-state index contributed by atoms with van der Waals surface area (Å²) >= 11 is 0. The van der Waals surface area contributed by atoms with Gasteiger partial charge in [0.05, 0.1) is 18.1 Å². The van der Waals surface area contributed by atoms with E-state index >= 15 is 0 Å². The highest BCUT2D eigenvalue weighted by Crippen LogP contribution is 2.09. The Labute approximate surface area is 104 Å². The summed E-state index contributed by atoms with van der Waals surface area (Å²) in [6.45, 7) is 3.91. The van der Waals surface area contributed by atoms with Crippen molar-refractivity contribution in [3.63, 3.8) is 0 Å². The number of aromatic nitrogens is 6. The van der Waals surface area contributed by atoms with Gasteiger partial charge in [-0.3, -0.25) is 4.98 Å². The van der Waals surface area contributed by atoms with Crippen LogP contribution in [0.2, 0.25) is 0 Å². The van der Waals surface area contributed by atoms with Gasteiger partial charge in [-0.05, 0) is 26.0 Å². The van der Waals surface area contributed by atoms with E-state index in [9.17, 15) is 0 Å². The van der Waals surface area contributed by atoms with Gasteiger partial charge in [0.2, 0.25) is 0 Å². The summed E-state index contributed by atoms with van der Waals surface area (Å²) in [6.07, 6.45) is 6.95. The van der Waals surface area contributed by atoms with Crippen molar-refractivity contribution in [2.75, 3.05) is 0 Å². The molecule has 0 aromatic carbocycles. The number of hydrogen-bond acceptors (Lipinski definition) is 4. The summed E-state index contributed by atoms with van der Waals surface area (Å²) in [5, 5.41) is 8.52. The smallest absolute Gasteiger partial charge is 0.174 e. The van der Waals surface area contributed by atoms with Crippen LogP contribution in [0.25, 0.3) is 11.6 Å². The molecule has 0 fully saturated rings. The van der Waals surface area contributed by atoms with Crippen LogP contribution in [-0.2, 0) is 0 Å². The molecule has 0 amide bonds. The largest absolute Gasteiger partial charge is 0.257 e. The third-order valence-electron chi connectivity index (χ3n) is 2.62. The molecule has 3 heterocycles. The minimum Gasteiger partial charge on any atom is -0.257 e. The normalized spacial score (nSPS) is 10.8. The van der Waals surface area contributed by atoms with E-state index in [0.717, 1.165) is 11.4 Å². The third-order valence-corrected chi connectivity index (χ3v) is 2.62. The van der Waals surface area contributed by atoms with Crippen LogP contribution in [0.3, 0.4) is 0 Å². The first-order valence-electron chi connectivity index (χ1n) is 5.60. The maximum absolute atomic E-state index is 4.50. The molecule has 0 spiro atoms. The first kappa shape index (κ1) is 10.6. The Hall–Kier alpha value is -2.50. The Morgan fingerprint density at radius 3 is 2.56 bits per heavy atom. The standard InChI is InChI=1S/C12H12N6/c1-9-4-6-17(16-9)11-7-13-8-12(15-11)18-10(2)3-5-14-18/h3-8H,1-2H3.